The third kappa shape index (κ3) is 4.64. The molecule has 1 spiro atoms. The quantitative estimate of drug-likeness (QED) is 0.814. The van der Waals surface area contributed by atoms with Crippen LogP contribution in [0.15, 0.2) is 18.3 Å². The van der Waals surface area contributed by atoms with E-state index in [1.807, 2.05) is 0 Å². The van der Waals surface area contributed by atoms with Crippen LogP contribution in [0.25, 0.3) is 0 Å². The normalized spacial score (nSPS) is 25.0. The second-order valence-electron chi connectivity index (χ2n) is 9.03. The summed E-state index contributed by atoms with van der Waals surface area (Å²) >= 11 is 0. The molecule has 28 heavy (non-hydrogen) atoms. The largest absolute Gasteiger partial charge is 0.490 e. The molecule has 7 nitrogen and oxygen atoms in total. The van der Waals surface area contributed by atoms with Crippen molar-refractivity contribution in [1.29, 1.82) is 0 Å². The number of carbonyl (C=O) groups excluding carboxylic acids is 1. The highest BCUT2D eigenvalue weighted by molar-refractivity contribution is 5.95. The van der Waals surface area contributed by atoms with Crippen molar-refractivity contribution < 1.29 is 19.4 Å². The number of piperidine rings is 1. The average Bonchev–Trinajstić information content (AvgIpc) is 2.65. The Labute approximate surface area is 167 Å². The Morgan fingerprint density at radius 1 is 1.43 bits per heavy atom. The molecular weight excluding hydrogens is 358 g/mol. The van der Waals surface area contributed by atoms with Crippen LogP contribution in [0.1, 0.15) is 56.9 Å². The number of aromatic nitrogens is 1. The van der Waals surface area contributed by atoms with Gasteiger partial charge in [-0.1, -0.05) is 20.8 Å². The first-order valence-electron chi connectivity index (χ1n) is 10.2. The molecule has 3 N–H and O–H groups in total. The van der Waals surface area contributed by atoms with Crippen LogP contribution >= 0.6 is 0 Å². The zero-order valence-corrected chi connectivity index (χ0v) is 17.2. The molecular formula is C21H33N3O4. The molecule has 156 valence electrons. The van der Waals surface area contributed by atoms with Crippen LogP contribution in [-0.4, -0.2) is 64.9 Å². The van der Waals surface area contributed by atoms with E-state index in [9.17, 15) is 9.90 Å². The highest BCUT2D eigenvalue weighted by Crippen LogP contribution is 2.42. The fourth-order valence-corrected chi connectivity index (χ4v) is 4.11. The summed E-state index contributed by atoms with van der Waals surface area (Å²) in [6, 6.07) is 3.49. The molecule has 2 fully saturated rings. The topological polar surface area (TPSA) is 97.9 Å². The number of likely N-dealkylation sites (tertiary alicyclic amines) is 1. The van der Waals surface area contributed by atoms with E-state index < -0.39 is 0 Å². The van der Waals surface area contributed by atoms with Crippen LogP contribution in [0, 0.1) is 5.41 Å². The molecule has 2 aliphatic heterocycles. The molecule has 1 amide bonds. The van der Waals surface area contributed by atoms with Crippen molar-refractivity contribution >= 4 is 5.91 Å². The summed E-state index contributed by atoms with van der Waals surface area (Å²) < 4.78 is 12.1. The highest BCUT2D eigenvalue weighted by Gasteiger charge is 2.46. The molecule has 0 aliphatic carbocycles. The zero-order chi connectivity index (χ0) is 20.4. The van der Waals surface area contributed by atoms with Crippen molar-refractivity contribution in [3.8, 4) is 5.75 Å². The fourth-order valence-electron chi connectivity index (χ4n) is 4.11. The number of hydrogen-bond donors (Lipinski definition) is 2. The lowest BCUT2D eigenvalue weighted by molar-refractivity contribution is -0.205. The van der Waals surface area contributed by atoms with Gasteiger partial charge < -0.3 is 25.2 Å². The summed E-state index contributed by atoms with van der Waals surface area (Å²) in [5, 5.41) is 10.4. The Bertz CT molecular complexity index is 680. The number of ether oxygens (including phenoxy) is 2. The number of amides is 1. The van der Waals surface area contributed by atoms with Gasteiger partial charge in [0.15, 0.2) is 11.4 Å². The number of aliphatic hydroxyl groups excluding tert-OH is 1. The van der Waals surface area contributed by atoms with Gasteiger partial charge in [0.25, 0.3) is 5.91 Å². The number of carbonyl (C=O) groups is 1. The molecule has 0 bridgehead atoms. The van der Waals surface area contributed by atoms with Gasteiger partial charge in [0.05, 0.1) is 17.8 Å². The van der Waals surface area contributed by atoms with Gasteiger partial charge in [-0.05, 0) is 30.4 Å². The SMILES string of the molecule is CC(C)(C)[C@H]1C[C@@H](O)CC2(CCN(C(=O)c3ncccc3OCCN)CC2)O1. The molecule has 0 radical (unpaired) electrons. The second kappa shape index (κ2) is 8.35. The number of rotatable bonds is 4. The molecule has 0 saturated carbocycles. The lowest BCUT2D eigenvalue weighted by Gasteiger charge is -2.50. The fraction of sp³-hybridized carbons (Fsp3) is 0.714. The Balaban J connectivity index is 1.68. The summed E-state index contributed by atoms with van der Waals surface area (Å²) in [5.41, 5.74) is 5.45. The summed E-state index contributed by atoms with van der Waals surface area (Å²) in [6.07, 6.45) is 4.00. The maximum Gasteiger partial charge on any atom is 0.276 e. The summed E-state index contributed by atoms with van der Waals surface area (Å²) in [5.74, 6) is 0.335. The van der Waals surface area contributed by atoms with Gasteiger partial charge in [0, 0.05) is 38.7 Å². The average molecular weight is 392 g/mol. The predicted molar refractivity (Wildman–Crippen MR) is 106 cm³/mol. The van der Waals surface area contributed by atoms with Crippen molar-refractivity contribution in [1.82, 2.24) is 9.88 Å². The Morgan fingerprint density at radius 2 is 2.14 bits per heavy atom. The number of nitrogens with zero attached hydrogens (tertiary/aromatic N) is 2. The predicted octanol–water partition coefficient (Wildman–Crippen LogP) is 1.98. The third-order valence-electron chi connectivity index (χ3n) is 5.76. The molecule has 3 heterocycles. The van der Waals surface area contributed by atoms with Gasteiger partial charge in [0.1, 0.15) is 6.61 Å². The van der Waals surface area contributed by atoms with Gasteiger partial charge >= 0.3 is 0 Å². The van der Waals surface area contributed by atoms with Crippen molar-refractivity contribution in [2.45, 2.75) is 64.3 Å². The monoisotopic (exact) mass is 391 g/mol. The van der Waals surface area contributed by atoms with Crippen LogP contribution in [-0.2, 0) is 4.74 Å². The van der Waals surface area contributed by atoms with Crippen molar-refractivity contribution in [2.75, 3.05) is 26.2 Å². The second-order valence-corrected chi connectivity index (χ2v) is 9.03. The number of aliphatic hydroxyl groups is 1. The number of nitrogens with two attached hydrogens (primary N) is 1. The molecule has 1 aromatic heterocycles. The third-order valence-corrected chi connectivity index (χ3v) is 5.76. The summed E-state index contributed by atoms with van der Waals surface area (Å²) in [4.78, 5) is 19.0. The van der Waals surface area contributed by atoms with E-state index in [1.165, 1.54) is 0 Å². The minimum atomic E-state index is -0.354. The molecule has 2 aliphatic rings. The van der Waals surface area contributed by atoms with E-state index in [-0.39, 0.29) is 29.1 Å². The first-order chi connectivity index (χ1) is 13.2. The zero-order valence-electron chi connectivity index (χ0n) is 17.2. The molecule has 2 saturated heterocycles. The van der Waals surface area contributed by atoms with Gasteiger partial charge in [-0.2, -0.15) is 0 Å². The van der Waals surface area contributed by atoms with Crippen LogP contribution < -0.4 is 10.5 Å². The van der Waals surface area contributed by atoms with E-state index in [0.717, 1.165) is 0 Å². The molecule has 1 aromatic rings. The molecule has 3 rings (SSSR count). The Morgan fingerprint density at radius 3 is 2.79 bits per heavy atom. The maximum atomic E-state index is 13.0. The minimum absolute atomic E-state index is 0.0190. The molecule has 2 atom stereocenters. The lowest BCUT2D eigenvalue weighted by atomic mass is 9.76. The van der Waals surface area contributed by atoms with E-state index in [2.05, 4.69) is 25.8 Å². The van der Waals surface area contributed by atoms with Crippen LogP contribution in [0.5, 0.6) is 5.75 Å². The maximum absolute atomic E-state index is 13.0. The van der Waals surface area contributed by atoms with E-state index in [1.54, 1.807) is 23.2 Å². The van der Waals surface area contributed by atoms with Crippen LogP contribution in [0.3, 0.4) is 0 Å². The van der Waals surface area contributed by atoms with E-state index in [4.69, 9.17) is 15.2 Å². The summed E-state index contributed by atoms with van der Waals surface area (Å²) in [7, 11) is 0. The van der Waals surface area contributed by atoms with Crippen molar-refractivity contribution in [3.05, 3.63) is 24.0 Å². The van der Waals surface area contributed by atoms with Crippen LogP contribution in [0.4, 0.5) is 0 Å². The van der Waals surface area contributed by atoms with E-state index in [0.29, 0.717) is 63.4 Å². The first kappa shape index (κ1) is 21.0. The minimum Gasteiger partial charge on any atom is -0.490 e. The van der Waals surface area contributed by atoms with Crippen molar-refractivity contribution in [2.24, 2.45) is 11.1 Å². The van der Waals surface area contributed by atoms with Gasteiger partial charge in [-0.3, -0.25) is 4.79 Å². The Hall–Kier alpha value is -1.70. The van der Waals surface area contributed by atoms with Crippen molar-refractivity contribution in [3.63, 3.8) is 0 Å². The smallest absolute Gasteiger partial charge is 0.276 e. The molecule has 7 heteroatoms. The summed E-state index contributed by atoms with van der Waals surface area (Å²) in [6.45, 7) is 8.31. The van der Waals surface area contributed by atoms with Gasteiger partial charge in [-0.15, -0.1) is 0 Å². The van der Waals surface area contributed by atoms with E-state index >= 15 is 0 Å². The standard InChI is InChI=1S/C21H33N3O4/c1-20(2,3)17-13-15(25)14-21(28-17)6-10-24(11-7-21)19(26)18-16(27-12-8-22)5-4-9-23-18/h4-5,9,15,17,25H,6-8,10-14,22H2,1-3H3/t15-,17-/m1/s1. The van der Waals surface area contributed by atoms with Gasteiger partial charge in [0.2, 0.25) is 0 Å². The number of hydrogen-bond acceptors (Lipinski definition) is 6. The van der Waals surface area contributed by atoms with Crippen LogP contribution in [0.2, 0.25) is 0 Å². The Kier molecular flexibility index (Phi) is 6.27. The molecule has 0 aromatic carbocycles. The molecule has 0 unspecified atom stereocenters. The number of pyridine rings is 1. The highest BCUT2D eigenvalue weighted by atomic mass is 16.5. The van der Waals surface area contributed by atoms with Gasteiger partial charge in [-0.25, -0.2) is 4.98 Å². The lowest BCUT2D eigenvalue weighted by Crippen LogP contribution is -2.55. The first-order valence-corrected chi connectivity index (χ1v) is 10.2.